The van der Waals surface area contributed by atoms with Crippen LogP contribution in [0.5, 0.6) is 0 Å². The largest absolute Gasteiger partial charge is 0.507 e. The Labute approximate surface area is 149 Å². The Morgan fingerprint density at radius 1 is 1.32 bits per heavy atom. The number of pyridine rings is 1. The third-order valence-corrected chi connectivity index (χ3v) is 5.25. The first-order chi connectivity index (χ1) is 12.1. The van der Waals surface area contributed by atoms with Crippen molar-refractivity contribution in [3.63, 3.8) is 0 Å². The fourth-order valence-electron chi connectivity index (χ4n) is 2.90. The molecule has 0 spiro atoms. The number of aryl methyl sites for hydroxylation is 1. The maximum atomic E-state index is 12.6. The van der Waals surface area contributed by atoms with Crippen LogP contribution in [0.4, 0.5) is 0 Å². The Bertz CT molecular complexity index is 829. The molecule has 3 rings (SSSR count). The number of carbonyl (C=O) groups is 2. The topological polar surface area (TPSA) is 79.7 Å². The average Bonchev–Trinajstić information content (AvgIpc) is 3.15. The van der Waals surface area contributed by atoms with E-state index in [1.54, 1.807) is 19.2 Å². The highest BCUT2D eigenvalue weighted by Crippen LogP contribution is 2.42. The lowest BCUT2D eigenvalue weighted by molar-refractivity contribution is -0.140. The molecule has 3 heterocycles. The van der Waals surface area contributed by atoms with Gasteiger partial charge in [0, 0.05) is 36.5 Å². The Hall–Kier alpha value is -2.51. The number of thiophene rings is 1. The second kappa shape index (κ2) is 7.16. The molecule has 0 aromatic carbocycles. The summed E-state index contributed by atoms with van der Waals surface area (Å²) in [6.07, 6.45) is 3.06. The number of rotatable bonds is 5. The van der Waals surface area contributed by atoms with Gasteiger partial charge in [-0.25, -0.2) is 0 Å². The van der Waals surface area contributed by atoms with Crippen LogP contribution in [0, 0.1) is 6.92 Å². The monoisotopic (exact) mass is 358 g/mol. The summed E-state index contributed by atoms with van der Waals surface area (Å²) in [5.74, 6) is -1.48. The van der Waals surface area contributed by atoms with Crippen molar-refractivity contribution in [3.8, 4) is 0 Å². The average molecular weight is 358 g/mol. The minimum atomic E-state index is -0.678. The molecule has 6 nitrogen and oxygen atoms in total. The van der Waals surface area contributed by atoms with E-state index in [0.717, 1.165) is 10.4 Å². The lowest BCUT2D eigenvalue weighted by Crippen LogP contribution is -2.32. The van der Waals surface area contributed by atoms with Gasteiger partial charge in [0.1, 0.15) is 5.76 Å². The third-order valence-electron chi connectivity index (χ3n) is 4.18. The molecule has 0 radical (unpaired) electrons. The van der Waals surface area contributed by atoms with Crippen molar-refractivity contribution in [1.82, 2.24) is 9.88 Å². The lowest BCUT2D eigenvalue weighted by Gasteiger charge is -2.24. The highest BCUT2D eigenvalue weighted by Gasteiger charge is 2.46. The lowest BCUT2D eigenvalue weighted by atomic mass is 9.99. The third kappa shape index (κ3) is 3.08. The number of aliphatic hydroxyl groups excluding tert-OH is 1. The highest BCUT2D eigenvalue weighted by atomic mass is 32.1. The van der Waals surface area contributed by atoms with E-state index in [0.29, 0.717) is 12.2 Å². The minimum Gasteiger partial charge on any atom is -0.507 e. The molecular formula is C18H18N2O4S. The van der Waals surface area contributed by atoms with Gasteiger partial charge in [0.05, 0.1) is 18.2 Å². The maximum absolute atomic E-state index is 12.6. The van der Waals surface area contributed by atoms with E-state index in [4.69, 9.17) is 4.74 Å². The fourth-order valence-corrected chi connectivity index (χ4v) is 3.95. The van der Waals surface area contributed by atoms with Crippen LogP contribution in [0.1, 0.15) is 22.0 Å². The van der Waals surface area contributed by atoms with Gasteiger partial charge in [-0.05, 0) is 36.1 Å². The van der Waals surface area contributed by atoms with Crippen LogP contribution in [-0.4, -0.2) is 46.9 Å². The summed E-state index contributed by atoms with van der Waals surface area (Å²) in [4.78, 5) is 31.4. The Balaban J connectivity index is 2.16. The van der Waals surface area contributed by atoms with Gasteiger partial charge in [0.2, 0.25) is 0 Å². The van der Waals surface area contributed by atoms with Crippen LogP contribution < -0.4 is 0 Å². The molecular weight excluding hydrogens is 340 g/mol. The van der Waals surface area contributed by atoms with E-state index >= 15 is 0 Å². The number of nitrogens with zero attached hydrogens (tertiary/aromatic N) is 2. The first-order valence-electron chi connectivity index (χ1n) is 7.78. The fraction of sp³-hybridized carbons (Fsp3) is 0.278. The van der Waals surface area contributed by atoms with Gasteiger partial charge in [-0.3, -0.25) is 14.6 Å². The molecule has 1 aliphatic rings. The van der Waals surface area contributed by atoms with Gasteiger partial charge >= 0.3 is 0 Å². The molecule has 1 N–H and O–H groups in total. The second-order valence-electron chi connectivity index (χ2n) is 5.69. The van der Waals surface area contributed by atoms with Gasteiger partial charge in [-0.15, -0.1) is 11.3 Å². The van der Waals surface area contributed by atoms with Crippen LogP contribution in [0.25, 0.3) is 5.76 Å². The van der Waals surface area contributed by atoms with Crippen molar-refractivity contribution in [2.75, 3.05) is 20.3 Å². The number of aliphatic hydroxyl groups is 1. The molecule has 7 heteroatoms. The number of aromatic nitrogens is 1. The van der Waals surface area contributed by atoms with E-state index < -0.39 is 17.7 Å². The molecule has 0 saturated carbocycles. The number of methoxy groups -OCH3 is 1. The van der Waals surface area contributed by atoms with Crippen LogP contribution in [0.3, 0.4) is 0 Å². The summed E-state index contributed by atoms with van der Waals surface area (Å²) >= 11 is 1.46. The normalized spacial score (nSPS) is 19.6. The van der Waals surface area contributed by atoms with Gasteiger partial charge in [0.15, 0.2) is 0 Å². The molecule has 130 valence electrons. The van der Waals surface area contributed by atoms with Crippen LogP contribution >= 0.6 is 11.3 Å². The van der Waals surface area contributed by atoms with Gasteiger partial charge in [-0.1, -0.05) is 0 Å². The quantitative estimate of drug-likeness (QED) is 0.505. The zero-order valence-electron chi connectivity index (χ0n) is 13.9. The predicted molar refractivity (Wildman–Crippen MR) is 94.2 cm³/mol. The van der Waals surface area contributed by atoms with Crippen molar-refractivity contribution in [3.05, 3.63) is 57.6 Å². The Morgan fingerprint density at radius 2 is 2.04 bits per heavy atom. The van der Waals surface area contributed by atoms with Crippen LogP contribution in [-0.2, 0) is 14.3 Å². The van der Waals surface area contributed by atoms with Crippen molar-refractivity contribution in [1.29, 1.82) is 0 Å². The highest BCUT2D eigenvalue weighted by molar-refractivity contribution is 7.10. The molecule has 0 aliphatic carbocycles. The zero-order valence-corrected chi connectivity index (χ0v) is 14.7. The molecule has 1 unspecified atom stereocenters. The summed E-state index contributed by atoms with van der Waals surface area (Å²) in [7, 11) is 1.54. The van der Waals surface area contributed by atoms with E-state index in [1.807, 2.05) is 18.4 Å². The second-order valence-corrected chi connectivity index (χ2v) is 6.64. The van der Waals surface area contributed by atoms with Crippen molar-refractivity contribution in [2.45, 2.75) is 13.0 Å². The number of likely N-dealkylation sites (tertiary alicyclic amines) is 1. The number of hydrogen-bond acceptors (Lipinski definition) is 6. The SMILES string of the molecule is COCCN1C(=O)C(=O)/C(=C(\O)c2ccncc2)C1c1sccc1C. The van der Waals surface area contributed by atoms with Crippen LogP contribution in [0.15, 0.2) is 41.5 Å². The van der Waals surface area contributed by atoms with Crippen molar-refractivity contribution in [2.24, 2.45) is 0 Å². The number of amides is 1. The molecule has 2 aromatic rings. The Kier molecular flexibility index (Phi) is 4.96. The van der Waals surface area contributed by atoms with Crippen molar-refractivity contribution >= 4 is 28.8 Å². The molecule has 1 aliphatic heterocycles. The van der Waals surface area contributed by atoms with Crippen molar-refractivity contribution < 1.29 is 19.4 Å². The molecule has 1 saturated heterocycles. The number of ether oxygens (including phenoxy) is 1. The Morgan fingerprint density at radius 3 is 2.64 bits per heavy atom. The minimum absolute atomic E-state index is 0.109. The number of hydrogen-bond donors (Lipinski definition) is 1. The number of Topliss-reactive ketones (excluding diaryl/α,β-unsaturated/α-hetero) is 1. The first-order valence-corrected chi connectivity index (χ1v) is 8.66. The summed E-state index contributed by atoms with van der Waals surface area (Å²) in [5.41, 5.74) is 1.54. The molecule has 2 aromatic heterocycles. The van der Waals surface area contributed by atoms with E-state index in [2.05, 4.69) is 4.98 Å². The summed E-state index contributed by atoms with van der Waals surface area (Å²) in [5, 5.41) is 12.6. The predicted octanol–water partition coefficient (Wildman–Crippen LogP) is 2.52. The van der Waals surface area contributed by atoms with E-state index in [9.17, 15) is 14.7 Å². The maximum Gasteiger partial charge on any atom is 0.295 e. The molecule has 0 bridgehead atoms. The molecule has 25 heavy (non-hydrogen) atoms. The molecule has 1 fully saturated rings. The van der Waals surface area contributed by atoms with E-state index in [1.165, 1.54) is 28.6 Å². The smallest absolute Gasteiger partial charge is 0.295 e. The van der Waals surface area contributed by atoms with Crippen LogP contribution in [0.2, 0.25) is 0 Å². The number of carbonyl (C=O) groups excluding carboxylic acids is 2. The first kappa shape index (κ1) is 17.3. The zero-order chi connectivity index (χ0) is 18.0. The molecule has 1 atom stereocenters. The standard InChI is InChI=1S/C18H18N2O4S/c1-11-5-10-25-17(11)14-13(15(21)12-3-6-19-7-4-12)16(22)18(23)20(14)8-9-24-2/h3-7,10,14,21H,8-9H2,1-2H3/b15-13-. The summed E-state index contributed by atoms with van der Waals surface area (Å²) in [6, 6.07) is 4.54. The van der Waals surface area contributed by atoms with E-state index in [-0.39, 0.29) is 17.9 Å². The van der Waals surface area contributed by atoms with Gasteiger partial charge < -0.3 is 14.7 Å². The summed E-state index contributed by atoms with van der Waals surface area (Å²) in [6.45, 7) is 2.51. The van der Waals surface area contributed by atoms with Gasteiger partial charge in [0.25, 0.3) is 11.7 Å². The number of ketones is 1. The summed E-state index contributed by atoms with van der Waals surface area (Å²) < 4.78 is 5.08. The van der Waals surface area contributed by atoms with Gasteiger partial charge in [-0.2, -0.15) is 0 Å². The molecule has 1 amide bonds.